The number of anilines is 1. The van der Waals surface area contributed by atoms with Gasteiger partial charge in [0.15, 0.2) is 17.6 Å². The highest BCUT2D eigenvalue weighted by molar-refractivity contribution is 5.93. The number of piperazine rings is 1. The van der Waals surface area contributed by atoms with Crippen molar-refractivity contribution in [3.63, 3.8) is 0 Å². The van der Waals surface area contributed by atoms with Crippen LogP contribution in [0.5, 0.6) is 11.5 Å². The topological polar surface area (TPSA) is 110 Å². The maximum Gasteiger partial charge on any atom is 0.269 e. The second kappa shape index (κ2) is 9.90. The minimum Gasteiger partial charge on any atom is -0.493 e. The van der Waals surface area contributed by atoms with Crippen molar-refractivity contribution in [1.29, 1.82) is 0 Å². The molecule has 2 unspecified atom stereocenters. The van der Waals surface area contributed by atoms with Gasteiger partial charge in [-0.05, 0) is 26.0 Å². The summed E-state index contributed by atoms with van der Waals surface area (Å²) >= 11 is 0. The number of pyridine rings is 3. The summed E-state index contributed by atoms with van der Waals surface area (Å²) in [5.41, 5.74) is 0.202. The number of rotatable bonds is 6. The van der Waals surface area contributed by atoms with E-state index in [4.69, 9.17) is 9.47 Å². The molecule has 1 saturated heterocycles. The van der Waals surface area contributed by atoms with Crippen molar-refractivity contribution in [2.45, 2.75) is 26.0 Å². The monoisotopic (exact) mass is 464 g/mol. The first-order valence-electron chi connectivity index (χ1n) is 11.1. The molecule has 34 heavy (non-hydrogen) atoms. The minimum absolute atomic E-state index is 0.0400. The summed E-state index contributed by atoms with van der Waals surface area (Å²) in [6.07, 6.45) is 6.02. The van der Waals surface area contributed by atoms with Gasteiger partial charge in [-0.15, -0.1) is 0 Å². The summed E-state index contributed by atoms with van der Waals surface area (Å²) in [6.45, 7) is 5.57. The fourth-order valence-corrected chi connectivity index (χ4v) is 4.13. The number of methoxy groups -OCH3 is 1. The normalized spacial score (nSPS) is 16.8. The standard InChI is InChI=1S/C24H28N6O4/c1-15-14-29(22-18-6-7-26-12-17(18)5-8-27-22)9-10-30(15)24(32)16(2)34-21-13-28-19(23(31)25-3)11-20(21)33-4/h5-8,11-13,15-16H,9-10,14H2,1-4H3,(H,25,31). The van der Waals surface area contributed by atoms with Crippen LogP contribution in [-0.4, -0.2) is 77.6 Å². The molecule has 1 aliphatic heterocycles. The van der Waals surface area contributed by atoms with Gasteiger partial charge in [0.25, 0.3) is 11.8 Å². The Bertz CT molecular complexity index is 1200. The molecule has 2 atom stereocenters. The number of hydrogen-bond acceptors (Lipinski definition) is 8. The van der Waals surface area contributed by atoms with E-state index in [-0.39, 0.29) is 23.6 Å². The van der Waals surface area contributed by atoms with E-state index >= 15 is 0 Å². The zero-order valence-corrected chi connectivity index (χ0v) is 19.7. The Labute approximate surface area is 197 Å². The fourth-order valence-electron chi connectivity index (χ4n) is 4.13. The lowest BCUT2D eigenvalue weighted by atomic mass is 10.1. The van der Waals surface area contributed by atoms with Gasteiger partial charge >= 0.3 is 0 Å². The van der Waals surface area contributed by atoms with Crippen molar-refractivity contribution in [2.24, 2.45) is 0 Å². The van der Waals surface area contributed by atoms with E-state index in [0.29, 0.717) is 31.1 Å². The average molecular weight is 465 g/mol. The van der Waals surface area contributed by atoms with E-state index in [1.54, 1.807) is 19.3 Å². The summed E-state index contributed by atoms with van der Waals surface area (Å²) in [7, 11) is 3.00. The largest absolute Gasteiger partial charge is 0.493 e. The highest BCUT2D eigenvalue weighted by Crippen LogP contribution is 2.29. The van der Waals surface area contributed by atoms with Gasteiger partial charge < -0.3 is 24.6 Å². The Balaban J connectivity index is 1.44. The van der Waals surface area contributed by atoms with Crippen molar-refractivity contribution < 1.29 is 19.1 Å². The Hall–Kier alpha value is -3.95. The molecule has 0 aromatic carbocycles. The molecule has 1 fully saturated rings. The number of nitrogens with zero attached hydrogens (tertiary/aromatic N) is 5. The Morgan fingerprint density at radius 3 is 2.71 bits per heavy atom. The van der Waals surface area contributed by atoms with Crippen LogP contribution in [0.3, 0.4) is 0 Å². The van der Waals surface area contributed by atoms with Crippen molar-refractivity contribution in [2.75, 3.05) is 38.7 Å². The minimum atomic E-state index is -0.752. The maximum absolute atomic E-state index is 13.2. The number of carbonyl (C=O) groups is 2. The van der Waals surface area contributed by atoms with Gasteiger partial charge in [0, 0.05) is 68.2 Å². The van der Waals surface area contributed by atoms with Gasteiger partial charge in [-0.25, -0.2) is 9.97 Å². The third kappa shape index (κ3) is 4.57. The van der Waals surface area contributed by atoms with Crippen LogP contribution in [0.4, 0.5) is 5.82 Å². The third-order valence-electron chi connectivity index (χ3n) is 5.92. The van der Waals surface area contributed by atoms with Gasteiger partial charge in [0.1, 0.15) is 11.5 Å². The van der Waals surface area contributed by atoms with Crippen LogP contribution in [0.25, 0.3) is 10.8 Å². The first-order valence-corrected chi connectivity index (χ1v) is 11.1. The molecule has 1 N–H and O–H groups in total. The molecule has 4 rings (SSSR count). The van der Waals surface area contributed by atoms with Crippen molar-refractivity contribution >= 4 is 28.4 Å². The fraction of sp³-hybridized carbons (Fsp3) is 0.375. The summed E-state index contributed by atoms with van der Waals surface area (Å²) in [6, 6.07) is 5.35. The molecule has 3 aromatic rings. The number of ether oxygens (including phenoxy) is 2. The van der Waals surface area contributed by atoms with Gasteiger partial charge in [-0.1, -0.05) is 0 Å². The molecule has 0 saturated carbocycles. The molecule has 0 radical (unpaired) electrons. The van der Waals surface area contributed by atoms with Crippen molar-refractivity contribution in [3.05, 3.63) is 48.7 Å². The SMILES string of the molecule is CNC(=O)c1cc(OC)c(OC(C)C(=O)N2CCN(c3nccc4cnccc34)CC2C)cn1. The second-order valence-corrected chi connectivity index (χ2v) is 8.12. The Morgan fingerprint density at radius 2 is 1.97 bits per heavy atom. The molecule has 178 valence electrons. The first-order chi connectivity index (χ1) is 16.4. The Morgan fingerprint density at radius 1 is 1.15 bits per heavy atom. The smallest absolute Gasteiger partial charge is 0.269 e. The molecule has 10 heteroatoms. The van der Waals surface area contributed by atoms with E-state index < -0.39 is 6.10 Å². The molecule has 2 amide bonds. The van der Waals surface area contributed by atoms with E-state index in [1.165, 1.54) is 26.4 Å². The molecular weight excluding hydrogens is 436 g/mol. The van der Waals surface area contributed by atoms with Crippen molar-refractivity contribution in [3.8, 4) is 11.5 Å². The highest BCUT2D eigenvalue weighted by Gasteiger charge is 2.32. The number of nitrogens with one attached hydrogen (secondary N) is 1. The lowest BCUT2D eigenvalue weighted by Gasteiger charge is -2.41. The van der Waals surface area contributed by atoms with E-state index in [2.05, 4.69) is 25.2 Å². The zero-order valence-electron chi connectivity index (χ0n) is 19.7. The predicted octanol–water partition coefficient (Wildman–Crippen LogP) is 1.90. The zero-order chi connectivity index (χ0) is 24.2. The molecular formula is C24H28N6O4. The van der Waals surface area contributed by atoms with Gasteiger partial charge in [0.05, 0.1) is 13.3 Å². The molecule has 1 aliphatic rings. The van der Waals surface area contributed by atoms with Crippen LogP contribution in [0.2, 0.25) is 0 Å². The first kappa shape index (κ1) is 23.2. The average Bonchev–Trinajstić information content (AvgIpc) is 2.87. The molecule has 3 aromatic heterocycles. The van der Waals surface area contributed by atoms with Crippen LogP contribution in [0.1, 0.15) is 24.3 Å². The highest BCUT2D eigenvalue weighted by atomic mass is 16.5. The lowest BCUT2D eigenvalue weighted by Crippen LogP contribution is -2.56. The summed E-state index contributed by atoms with van der Waals surface area (Å²) in [4.78, 5) is 42.0. The van der Waals surface area contributed by atoms with E-state index in [9.17, 15) is 9.59 Å². The van der Waals surface area contributed by atoms with Gasteiger partial charge in [-0.3, -0.25) is 14.6 Å². The van der Waals surface area contributed by atoms with Crippen LogP contribution >= 0.6 is 0 Å². The van der Waals surface area contributed by atoms with Crippen LogP contribution in [0, 0.1) is 0 Å². The second-order valence-electron chi connectivity index (χ2n) is 8.12. The molecule has 0 spiro atoms. The lowest BCUT2D eigenvalue weighted by molar-refractivity contribution is -0.140. The van der Waals surface area contributed by atoms with Gasteiger partial charge in [0.2, 0.25) is 0 Å². The van der Waals surface area contributed by atoms with Crippen LogP contribution in [0.15, 0.2) is 43.0 Å². The molecule has 0 bridgehead atoms. The molecule has 4 heterocycles. The Kier molecular flexibility index (Phi) is 6.76. The summed E-state index contributed by atoms with van der Waals surface area (Å²) < 4.78 is 11.2. The molecule has 0 aliphatic carbocycles. The molecule has 10 nitrogen and oxygen atoms in total. The predicted molar refractivity (Wildman–Crippen MR) is 127 cm³/mol. The number of carbonyl (C=O) groups excluding carboxylic acids is 2. The third-order valence-corrected chi connectivity index (χ3v) is 5.92. The number of aromatic nitrogens is 3. The maximum atomic E-state index is 13.2. The van der Waals surface area contributed by atoms with Crippen molar-refractivity contribution in [1.82, 2.24) is 25.2 Å². The number of amides is 2. The number of fused-ring (bicyclic) bond motifs is 1. The van der Waals surface area contributed by atoms with Crippen LogP contribution in [-0.2, 0) is 4.79 Å². The van der Waals surface area contributed by atoms with E-state index in [0.717, 1.165) is 16.6 Å². The van der Waals surface area contributed by atoms with Crippen LogP contribution < -0.4 is 19.7 Å². The van der Waals surface area contributed by atoms with Gasteiger partial charge in [-0.2, -0.15) is 0 Å². The quantitative estimate of drug-likeness (QED) is 0.589. The van der Waals surface area contributed by atoms with E-state index in [1.807, 2.05) is 30.2 Å². The summed E-state index contributed by atoms with van der Waals surface area (Å²) in [5, 5.41) is 4.59. The number of hydrogen-bond donors (Lipinski definition) is 1. The summed E-state index contributed by atoms with van der Waals surface area (Å²) in [5.74, 6) is 1.07.